The summed E-state index contributed by atoms with van der Waals surface area (Å²) >= 11 is 1.41. The van der Waals surface area contributed by atoms with E-state index in [0.29, 0.717) is 36.4 Å². The highest BCUT2D eigenvalue weighted by atomic mass is 79.9. The molecule has 48 heavy (non-hydrogen) atoms. The van der Waals surface area contributed by atoms with Crippen molar-refractivity contribution in [2.24, 2.45) is 0 Å². The number of halogens is 1. The van der Waals surface area contributed by atoms with Crippen molar-refractivity contribution in [3.05, 3.63) is 125 Å². The third kappa shape index (κ3) is 7.65. The first-order chi connectivity index (χ1) is 22.6. The predicted molar refractivity (Wildman–Crippen MR) is 187 cm³/mol. The minimum absolute atomic E-state index is 0. The number of nitrogens with zero attached hydrogens (tertiary/aromatic N) is 3. The van der Waals surface area contributed by atoms with E-state index < -0.39 is 41.1 Å². The number of carbonyl (C=O) groups is 4. The first-order valence-corrected chi connectivity index (χ1v) is 16.5. The number of nitrogens with one attached hydrogen (secondary N) is 1. The number of benzene rings is 2. The number of β-lactam (4-membered cyclic amide) rings is 1. The van der Waals surface area contributed by atoms with Gasteiger partial charge in [-0.05, 0) is 67.7 Å². The van der Waals surface area contributed by atoms with Gasteiger partial charge in [0.15, 0.2) is 6.10 Å². The van der Waals surface area contributed by atoms with E-state index in [-0.39, 0.29) is 28.6 Å². The fourth-order valence-corrected chi connectivity index (χ4v) is 7.10. The SMILES string of the molecule is Br.CC(C)(C)OC(=O)N[C@@H]1C(=O)N2C(C(=O)OC(c3ccccc3)c3ccccc3)=C(/C=C3\CCN(Cc4ccncc4)C3=O)CS[C@H]12. The quantitative estimate of drug-likeness (QED) is 0.178. The average Bonchev–Trinajstić information content (AvgIpc) is 3.40. The number of amides is 3. The van der Waals surface area contributed by atoms with Gasteiger partial charge in [0.1, 0.15) is 22.7 Å². The van der Waals surface area contributed by atoms with E-state index in [1.807, 2.05) is 72.8 Å². The first kappa shape index (κ1) is 34.9. The van der Waals surface area contributed by atoms with Crippen LogP contribution >= 0.6 is 28.7 Å². The zero-order valence-corrected chi connectivity index (χ0v) is 29.4. The molecule has 3 aromatic rings. The number of ether oxygens (including phenoxy) is 2. The van der Waals surface area contributed by atoms with Gasteiger partial charge >= 0.3 is 12.1 Å². The van der Waals surface area contributed by atoms with Crippen LogP contribution in [0.15, 0.2) is 108 Å². The van der Waals surface area contributed by atoms with Gasteiger partial charge in [-0.25, -0.2) is 9.59 Å². The van der Waals surface area contributed by atoms with Gasteiger partial charge in [0.25, 0.3) is 5.91 Å². The molecule has 3 aliphatic heterocycles. The maximum absolute atomic E-state index is 14.3. The third-order valence-corrected chi connectivity index (χ3v) is 9.28. The molecule has 0 unspecified atom stereocenters. The topological polar surface area (TPSA) is 118 Å². The number of fused-ring (bicyclic) bond motifs is 1. The van der Waals surface area contributed by atoms with Crippen LogP contribution < -0.4 is 5.32 Å². The molecule has 2 aromatic carbocycles. The summed E-state index contributed by atoms with van der Waals surface area (Å²) in [5, 5.41) is 2.12. The highest BCUT2D eigenvalue weighted by Crippen LogP contribution is 2.42. The summed E-state index contributed by atoms with van der Waals surface area (Å²) in [6, 6.07) is 21.6. The molecule has 0 radical (unpaired) electrons. The number of allylic oxidation sites excluding steroid dienone is 1. The number of thioether (sulfide) groups is 1. The normalized spacial score (nSPS) is 19.9. The lowest BCUT2D eigenvalue weighted by Crippen LogP contribution is -2.70. The molecule has 1 aromatic heterocycles. The number of carbonyl (C=O) groups excluding carboxylic acids is 4. The van der Waals surface area contributed by atoms with Crippen LogP contribution in [0.5, 0.6) is 0 Å². The summed E-state index contributed by atoms with van der Waals surface area (Å²) in [4.78, 5) is 61.1. The minimum atomic E-state index is -0.880. The number of aromatic nitrogens is 1. The van der Waals surface area contributed by atoms with Gasteiger partial charge in [-0.3, -0.25) is 19.5 Å². The van der Waals surface area contributed by atoms with Crippen molar-refractivity contribution in [1.82, 2.24) is 20.1 Å². The molecule has 1 N–H and O–H groups in total. The fraction of sp³-hybridized carbons (Fsp3) is 0.306. The van der Waals surface area contributed by atoms with Crippen LogP contribution in [-0.2, 0) is 30.4 Å². The van der Waals surface area contributed by atoms with E-state index in [4.69, 9.17) is 9.47 Å². The summed E-state index contributed by atoms with van der Waals surface area (Å²) in [6.07, 6.45) is 4.16. The van der Waals surface area contributed by atoms with E-state index in [0.717, 1.165) is 16.7 Å². The highest BCUT2D eigenvalue weighted by Gasteiger charge is 2.55. The Labute approximate surface area is 294 Å². The molecular formula is C36H37BrN4O6S. The van der Waals surface area contributed by atoms with Gasteiger partial charge in [-0.15, -0.1) is 28.7 Å². The van der Waals surface area contributed by atoms with Gasteiger partial charge in [0.05, 0.1) is 0 Å². The van der Waals surface area contributed by atoms with Crippen LogP contribution in [0.2, 0.25) is 0 Å². The number of hydrogen-bond donors (Lipinski definition) is 1. The molecule has 2 fully saturated rings. The van der Waals surface area contributed by atoms with Crippen LogP contribution in [0, 0.1) is 0 Å². The first-order valence-electron chi connectivity index (χ1n) is 15.5. The van der Waals surface area contributed by atoms with Gasteiger partial charge in [-0.2, -0.15) is 0 Å². The number of hydrogen-bond acceptors (Lipinski definition) is 8. The zero-order chi connectivity index (χ0) is 33.1. The van der Waals surface area contributed by atoms with Crippen LogP contribution in [-0.4, -0.2) is 68.0 Å². The lowest BCUT2D eigenvalue weighted by molar-refractivity contribution is -0.153. The highest BCUT2D eigenvalue weighted by molar-refractivity contribution is 8.93. The molecule has 4 heterocycles. The standard InChI is InChI=1S/C36H36N4O6S.BrH/c1-36(2,3)46-35(44)38-28-32(42)40-29(34(43)45-30(24-10-6-4-7-11-24)25-12-8-5-9-13-25)27(22-47-33(28)40)20-26-16-19-39(31(26)41)21-23-14-17-37-18-15-23;/h4-15,17-18,20,28,30,33H,16,19,21-22H2,1-3H3,(H,38,44);1H/b26-20+;/t28-,33-;/m1./s1. The molecule has 12 heteroatoms. The second kappa shape index (κ2) is 14.8. The molecule has 2 saturated heterocycles. The Kier molecular flexibility index (Phi) is 10.7. The zero-order valence-electron chi connectivity index (χ0n) is 26.8. The Hall–Kier alpha value is -4.42. The van der Waals surface area contributed by atoms with E-state index in [2.05, 4.69) is 10.3 Å². The van der Waals surface area contributed by atoms with Crippen LogP contribution in [0.4, 0.5) is 4.79 Å². The summed E-state index contributed by atoms with van der Waals surface area (Å²) in [7, 11) is 0. The molecule has 0 aliphatic carbocycles. The Balaban J connectivity index is 0.00000451. The van der Waals surface area contributed by atoms with Crippen molar-refractivity contribution in [3.63, 3.8) is 0 Å². The van der Waals surface area contributed by atoms with E-state index in [1.54, 1.807) is 44.1 Å². The number of esters is 1. The summed E-state index contributed by atoms with van der Waals surface area (Å²) < 4.78 is 11.6. The number of rotatable bonds is 8. The van der Waals surface area contributed by atoms with Gasteiger partial charge < -0.3 is 19.7 Å². The number of likely N-dealkylation sites (tertiary alicyclic amines) is 1. The van der Waals surface area contributed by atoms with Crippen molar-refractivity contribution in [2.75, 3.05) is 12.3 Å². The Bertz CT molecular complexity index is 1690. The van der Waals surface area contributed by atoms with Gasteiger partial charge in [-0.1, -0.05) is 60.7 Å². The monoisotopic (exact) mass is 732 g/mol. The fourth-order valence-electron chi connectivity index (χ4n) is 5.80. The van der Waals surface area contributed by atoms with Crippen molar-refractivity contribution in [3.8, 4) is 0 Å². The van der Waals surface area contributed by atoms with E-state index in [9.17, 15) is 19.2 Å². The summed E-state index contributed by atoms with van der Waals surface area (Å²) in [5.41, 5.74) is 2.92. The molecule has 0 bridgehead atoms. The van der Waals surface area contributed by atoms with Crippen molar-refractivity contribution in [1.29, 1.82) is 0 Å². The van der Waals surface area contributed by atoms with Crippen molar-refractivity contribution >= 4 is 52.6 Å². The van der Waals surface area contributed by atoms with Crippen LogP contribution in [0.3, 0.4) is 0 Å². The summed E-state index contributed by atoms with van der Waals surface area (Å²) in [6.45, 7) is 6.20. The molecule has 3 aliphatic rings. The predicted octanol–water partition coefficient (Wildman–Crippen LogP) is 5.71. The molecule has 6 rings (SSSR count). The van der Waals surface area contributed by atoms with Crippen molar-refractivity contribution < 1.29 is 28.7 Å². The Morgan fingerprint density at radius 2 is 1.62 bits per heavy atom. The second-order valence-electron chi connectivity index (χ2n) is 12.5. The molecule has 250 valence electrons. The van der Waals surface area contributed by atoms with Crippen LogP contribution in [0.25, 0.3) is 0 Å². The van der Waals surface area contributed by atoms with Gasteiger partial charge in [0.2, 0.25) is 5.91 Å². The molecule has 3 amide bonds. The summed E-state index contributed by atoms with van der Waals surface area (Å²) in [5.74, 6) is -0.944. The Morgan fingerprint density at radius 1 is 1.00 bits per heavy atom. The van der Waals surface area contributed by atoms with Gasteiger partial charge in [0, 0.05) is 36.8 Å². The maximum Gasteiger partial charge on any atom is 0.408 e. The largest absolute Gasteiger partial charge is 0.448 e. The van der Waals surface area contributed by atoms with E-state index in [1.165, 1.54) is 16.7 Å². The molecule has 0 saturated carbocycles. The van der Waals surface area contributed by atoms with Crippen molar-refractivity contribution in [2.45, 2.75) is 56.9 Å². The molecule has 0 spiro atoms. The van der Waals surface area contributed by atoms with E-state index >= 15 is 0 Å². The second-order valence-corrected chi connectivity index (χ2v) is 13.6. The smallest absolute Gasteiger partial charge is 0.408 e. The lowest BCUT2D eigenvalue weighted by Gasteiger charge is -2.49. The number of alkyl carbamates (subject to hydrolysis) is 1. The minimum Gasteiger partial charge on any atom is -0.448 e. The third-order valence-electron chi connectivity index (χ3n) is 7.98. The average molecular weight is 734 g/mol. The molecular weight excluding hydrogens is 696 g/mol. The molecule has 2 atom stereocenters. The van der Waals surface area contributed by atoms with Crippen LogP contribution in [0.1, 0.15) is 50.0 Å². The Morgan fingerprint density at radius 3 is 2.23 bits per heavy atom. The molecule has 10 nitrogen and oxygen atoms in total. The lowest BCUT2D eigenvalue weighted by atomic mass is 10.00. The number of pyridine rings is 1. The maximum atomic E-state index is 14.3.